The zero-order chi connectivity index (χ0) is 27.1. The number of carbonyl (C=O) groups excluding carboxylic acids is 4. The molecule has 0 aliphatic rings. The van der Waals surface area contributed by atoms with Gasteiger partial charge in [0.25, 0.3) is 0 Å². The minimum Gasteiger partial charge on any atom is -0.454 e. The quantitative estimate of drug-likeness (QED) is 0.146. The lowest BCUT2D eigenvalue weighted by Gasteiger charge is -2.12. The van der Waals surface area contributed by atoms with E-state index in [1.54, 1.807) is 54.6 Å². The van der Waals surface area contributed by atoms with Crippen molar-refractivity contribution < 1.29 is 28.7 Å². The topological polar surface area (TPSA) is 86.7 Å². The van der Waals surface area contributed by atoms with E-state index in [0.29, 0.717) is 16.7 Å². The second kappa shape index (κ2) is 12.6. The Morgan fingerprint density at radius 1 is 0.526 bits per heavy atom. The fourth-order valence-electron chi connectivity index (χ4n) is 3.56. The third kappa shape index (κ3) is 6.90. The molecule has 0 N–H and O–H groups in total. The maximum Gasteiger partial charge on any atom is 0.339 e. The molecule has 4 aromatic carbocycles. The molecule has 190 valence electrons. The highest BCUT2D eigenvalue weighted by Gasteiger charge is 2.23. The molecule has 0 radical (unpaired) electrons. The van der Waals surface area contributed by atoms with Gasteiger partial charge in [-0.3, -0.25) is 9.59 Å². The van der Waals surface area contributed by atoms with Crippen molar-refractivity contribution in [2.24, 2.45) is 0 Å². The summed E-state index contributed by atoms with van der Waals surface area (Å²) in [7, 11) is 0. The van der Waals surface area contributed by atoms with Crippen molar-refractivity contribution in [3.8, 4) is 11.1 Å². The van der Waals surface area contributed by atoms with Crippen LogP contribution >= 0.6 is 31.9 Å². The first-order valence-corrected chi connectivity index (χ1v) is 13.0. The molecule has 38 heavy (non-hydrogen) atoms. The van der Waals surface area contributed by atoms with Gasteiger partial charge in [-0.05, 0) is 47.5 Å². The summed E-state index contributed by atoms with van der Waals surface area (Å²) in [6, 6.07) is 27.2. The summed E-state index contributed by atoms with van der Waals surface area (Å²) in [4.78, 5) is 51.0. The Kier molecular flexibility index (Phi) is 8.99. The lowest BCUT2D eigenvalue weighted by molar-refractivity contribution is 0.0439. The molecule has 0 atom stereocenters. The fourth-order valence-corrected chi connectivity index (χ4v) is 4.09. The zero-order valence-electron chi connectivity index (χ0n) is 19.9. The van der Waals surface area contributed by atoms with Gasteiger partial charge in [0.05, 0.1) is 11.1 Å². The first kappa shape index (κ1) is 27.2. The number of esters is 2. The van der Waals surface area contributed by atoms with Gasteiger partial charge in [0.1, 0.15) is 0 Å². The van der Waals surface area contributed by atoms with Crippen LogP contribution in [0.2, 0.25) is 0 Å². The molecular formula is C30H20Br2O6. The SMILES string of the molecule is O=C(COC(=O)c1ccc(-c2ccccc2)cc1C(=O)OCC(=O)c1ccc(Br)cc1)c1ccc(Br)cc1. The second-order valence-electron chi connectivity index (χ2n) is 8.14. The summed E-state index contributed by atoms with van der Waals surface area (Å²) < 4.78 is 12.1. The molecule has 4 aromatic rings. The Morgan fingerprint density at radius 3 is 1.50 bits per heavy atom. The molecule has 0 aliphatic heterocycles. The van der Waals surface area contributed by atoms with Crippen molar-refractivity contribution in [2.45, 2.75) is 0 Å². The zero-order valence-corrected chi connectivity index (χ0v) is 23.0. The Hall–Kier alpha value is -3.88. The van der Waals surface area contributed by atoms with Gasteiger partial charge in [0, 0.05) is 20.1 Å². The molecule has 0 aliphatic carbocycles. The number of hydrogen-bond acceptors (Lipinski definition) is 6. The summed E-state index contributed by atoms with van der Waals surface area (Å²) >= 11 is 6.61. The summed E-state index contributed by atoms with van der Waals surface area (Å²) in [5.41, 5.74) is 2.10. The lowest BCUT2D eigenvalue weighted by Crippen LogP contribution is -2.19. The van der Waals surface area contributed by atoms with Crippen LogP contribution in [0.5, 0.6) is 0 Å². The average Bonchev–Trinajstić information content (AvgIpc) is 2.95. The predicted molar refractivity (Wildman–Crippen MR) is 149 cm³/mol. The van der Waals surface area contributed by atoms with E-state index in [2.05, 4.69) is 31.9 Å². The fraction of sp³-hybridized carbons (Fsp3) is 0.0667. The van der Waals surface area contributed by atoms with Crippen LogP contribution in [-0.4, -0.2) is 36.7 Å². The molecule has 0 aromatic heterocycles. The molecular weight excluding hydrogens is 616 g/mol. The molecule has 0 unspecified atom stereocenters. The van der Waals surface area contributed by atoms with Crippen molar-refractivity contribution in [1.82, 2.24) is 0 Å². The number of halogens is 2. The van der Waals surface area contributed by atoms with Crippen LogP contribution < -0.4 is 0 Å². The van der Waals surface area contributed by atoms with Crippen LogP contribution in [0.3, 0.4) is 0 Å². The second-order valence-corrected chi connectivity index (χ2v) is 9.97. The summed E-state index contributed by atoms with van der Waals surface area (Å²) in [6.07, 6.45) is 0. The Bertz CT molecular complexity index is 1480. The highest BCUT2D eigenvalue weighted by atomic mass is 79.9. The van der Waals surface area contributed by atoms with Crippen molar-refractivity contribution in [1.29, 1.82) is 0 Å². The van der Waals surface area contributed by atoms with Crippen LogP contribution in [0.1, 0.15) is 41.4 Å². The standard InChI is InChI=1S/C30H20Br2O6/c31-23-11-6-20(7-12-23)27(33)17-37-29(35)25-15-10-22(19-4-2-1-3-5-19)16-26(25)30(36)38-18-28(34)21-8-13-24(32)14-9-21/h1-16H,17-18H2. The molecule has 4 rings (SSSR count). The van der Waals surface area contributed by atoms with E-state index in [9.17, 15) is 19.2 Å². The number of ether oxygens (including phenoxy) is 2. The maximum absolute atomic E-state index is 13.1. The van der Waals surface area contributed by atoms with E-state index in [0.717, 1.165) is 14.5 Å². The molecule has 0 amide bonds. The number of Topliss-reactive ketones (excluding diaryl/α,β-unsaturated/α-hetero) is 2. The minimum absolute atomic E-state index is 0.0731. The highest BCUT2D eigenvalue weighted by molar-refractivity contribution is 9.10. The first-order chi connectivity index (χ1) is 18.3. The summed E-state index contributed by atoms with van der Waals surface area (Å²) in [6.45, 7) is -1.01. The Morgan fingerprint density at radius 2 is 1.00 bits per heavy atom. The average molecular weight is 636 g/mol. The Balaban J connectivity index is 1.54. The minimum atomic E-state index is -0.862. The number of hydrogen-bond donors (Lipinski definition) is 0. The largest absolute Gasteiger partial charge is 0.454 e. The molecule has 0 spiro atoms. The van der Waals surface area contributed by atoms with E-state index >= 15 is 0 Å². The van der Waals surface area contributed by atoms with E-state index < -0.39 is 36.7 Å². The lowest BCUT2D eigenvalue weighted by atomic mass is 9.99. The molecule has 0 saturated heterocycles. The maximum atomic E-state index is 13.1. The summed E-state index contributed by atoms with van der Waals surface area (Å²) in [5, 5.41) is 0. The van der Waals surface area contributed by atoms with Gasteiger partial charge in [-0.15, -0.1) is 0 Å². The smallest absolute Gasteiger partial charge is 0.339 e. The van der Waals surface area contributed by atoms with Gasteiger partial charge in [0.2, 0.25) is 0 Å². The third-order valence-electron chi connectivity index (χ3n) is 5.57. The molecule has 6 nitrogen and oxygen atoms in total. The predicted octanol–water partition coefficient (Wildman–Crippen LogP) is 6.96. The van der Waals surface area contributed by atoms with Gasteiger partial charge < -0.3 is 9.47 Å². The van der Waals surface area contributed by atoms with Crippen molar-refractivity contribution in [3.05, 3.63) is 128 Å². The van der Waals surface area contributed by atoms with Crippen LogP contribution in [0.25, 0.3) is 11.1 Å². The summed E-state index contributed by atoms with van der Waals surface area (Å²) in [5.74, 6) is -2.51. The first-order valence-electron chi connectivity index (χ1n) is 11.4. The van der Waals surface area contributed by atoms with Crippen LogP contribution in [-0.2, 0) is 9.47 Å². The van der Waals surface area contributed by atoms with E-state index in [-0.39, 0.29) is 11.1 Å². The van der Waals surface area contributed by atoms with E-state index in [4.69, 9.17) is 9.47 Å². The number of ketones is 2. The monoisotopic (exact) mass is 634 g/mol. The normalized spacial score (nSPS) is 10.5. The molecule has 0 heterocycles. The van der Waals surface area contributed by atoms with Crippen LogP contribution in [0.15, 0.2) is 106 Å². The van der Waals surface area contributed by atoms with Gasteiger partial charge in [-0.25, -0.2) is 9.59 Å². The van der Waals surface area contributed by atoms with Crippen LogP contribution in [0, 0.1) is 0 Å². The van der Waals surface area contributed by atoms with Gasteiger partial charge in [0.15, 0.2) is 24.8 Å². The number of carbonyl (C=O) groups is 4. The Labute approximate surface area is 235 Å². The van der Waals surface area contributed by atoms with E-state index in [1.165, 1.54) is 12.1 Å². The van der Waals surface area contributed by atoms with Gasteiger partial charge in [-0.2, -0.15) is 0 Å². The van der Waals surface area contributed by atoms with Gasteiger partial charge >= 0.3 is 11.9 Å². The van der Waals surface area contributed by atoms with Crippen molar-refractivity contribution in [3.63, 3.8) is 0 Å². The van der Waals surface area contributed by atoms with Crippen molar-refractivity contribution in [2.75, 3.05) is 13.2 Å². The third-order valence-corrected chi connectivity index (χ3v) is 6.62. The molecule has 0 fully saturated rings. The van der Waals surface area contributed by atoms with Crippen LogP contribution in [0.4, 0.5) is 0 Å². The number of benzene rings is 4. The van der Waals surface area contributed by atoms with E-state index in [1.807, 2.05) is 30.3 Å². The van der Waals surface area contributed by atoms with Gasteiger partial charge in [-0.1, -0.05) is 92.5 Å². The molecule has 0 saturated carbocycles. The highest BCUT2D eigenvalue weighted by Crippen LogP contribution is 2.24. The molecule has 8 heteroatoms. The number of rotatable bonds is 9. The van der Waals surface area contributed by atoms with Crippen molar-refractivity contribution >= 4 is 55.4 Å². The molecule has 0 bridgehead atoms.